The van der Waals surface area contributed by atoms with Gasteiger partial charge in [-0.3, -0.25) is 4.79 Å². The summed E-state index contributed by atoms with van der Waals surface area (Å²) in [7, 11) is 0. The van der Waals surface area contributed by atoms with Crippen molar-refractivity contribution >= 4 is 35.7 Å². The Labute approximate surface area is 118 Å². The van der Waals surface area contributed by atoms with Crippen molar-refractivity contribution in [2.75, 3.05) is 10.6 Å². The molecule has 0 radical (unpaired) electrons. The van der Waals surface area contributed by atoms with Gasteiger partial charge in [-0.1, -0.05) is 19.9 Å². The zero-order chi connectivity index (χ0) is 13.7. The average molecular weight is 287 g/mol. The number of hydrogen-bond donors (Lipinski definition) is 4. The van der Waals surface area contributed by atoms with E-state index in [9.17, 15) is 9.59 Å². The van der Waals surface area contributed by atoms with E-state index in [0.717, 1.165) is 0 Å². The SMILES string of the molecule is CC(C)C(N)C(=O)Nc1cccc(NC(N)=O)c1.Cl. The van der Waals surface area contributed by atoms with Crippen LogP contribution in [0.3, 0.4) is 0 Å². The van der Waals surface area contributed by atoms with E-state index in [4.69, 9.17) is 11.5 Å². The van der Waals surface area contributed by atoms with Gasteiger partial charge in [0.1, 0.15) is 0 Å². The molecule has 1 rings (SSSR count). The predicted octanol–water partition coefficient (Wildman–Crippen LogP) is 1.52. The lowest BCUT2D eigenvalue weighted by atomic mass is 10.0. The monoisotopic (exact) mass is 286 g/mol. The largest absolute Gasteiger partial charge is 0.351 e. The highest BCUT2D eigenvalue weighted by molar-refractivity contribution is 5.96. The molecule has 0 saturated heterocycles. The molecule has 1 unspecified atom stereocenters. The van der Waals surface area contributed by atoms with Crippen LogP contribution in [0.25, 0.3) is 0 Å². The summed E-state index contributed by atoms with van der Waals surface area (Å²) in [6, 6.07) is 5.45. The molecule has 0 bridgehead atoms. The number of anilines is 2. The first-order valence-electron chi connectivity index (χ1n) is 5.63. The van der Waals surface area contributed by atoms with Crippen LogP contribution in [0.5, 0.6) is 0 Å². The number of nitrogens with two attached hydrogens (primary N) is 2. The highest BCUT2D eigenvalue weighted by Gasteiger charge is 2.17. The summed E-state index contributed by atoms with van der Waals surface area (Å²) >= 11 is 0. The summed E-state index contributed by atoms with van der Waals surface area (Å²) in [5.74, 6) is -0.210. The van der Waals surface area contributed by atoms with Gasteiger partial charge in [0, 0.05) is 11.4 Å². The Kier molecular flexibility index (Phi) is 6.89. The fraction of sp³-hybridized carbons (Fsp3) is 0.333. The van der Waals surface area contributed by atoms with Crippen LogP contribution in [0.2, 0.25) is 0 Å². The van der Waals surface area contributed by atoms with Crippen LogP contribution in [0.4, 0.5) is 16.2 Å². The van der Waals surface area contributed by atoms with Crippen LogP contribution in [0.1, 0.15) is 13.8 Å². The molecule has 0 saturated carbocycles. The van der Waals surface area contributed by atoms with Crippen LogP contribution in [0.15, 0.2) is 24.3 Å². The number of hydrogen-bond acceptors (Lipinski definition) is 3. The molecule has 1 aromatic carbocycles. The molecule has 0 aromatic heterocycles. The molecular weight excluding hydrogens is 268 g/mol. The van der Waals surface area contributed by atoms with Crippen molar-refractivity contribution in [2.24, 2.45) is 17.4 Å². The van der Waals surface area contributed by atoms with Crippen LogP contribution in [-0.2, 0) is 4.79 Å². The lowest BCUT2D eigenvalue weighted by Gasteiger charge is -2.15. The molecule has 6 nitrogen and oxygen atoms in total. The number of nitrogens with one attached hydrogen (secondary N) is 2. The third-order valence-electron chi connectivity index (χ3n) is 2.42. The van der Waals surface area contributed by atoms with Crippen molar-refractivity contribution in [3.63, 3.8) is 0 Å². The van der Waals surface area contributed by atoms with E-state index in [0.29, 0.717) is 11.4 Å². The molecule has 1 atom stereocenters. The first-order chi connectivity index (χ1) is 8.40. The van der Waals surface area contributed by atoms with Crippen LogP contribution in [0, 0.1) is 5.92 Å². The van der Waals surface area contributed by atoms with E-state index in [1.807, 2.05) is 13.8 Å². The van der Waals surface area contributed by atoms with Crippen molar-refractivity contribution in [3.8, 4) is 0 Å². The van der Waals surface area contributed by atoms with Crippen molar-refractivity contribution in [3.05, 3.63) is 24.3 Å². The maximum absolute atomic E-state index is 11.7. The Hall–Kier alpha value is -1.79. The summed E-state index contributed by atoms with van der Waals surface area (Å²) in [5.41, 5.74) is 11.8. The predicted molar refractivity (Wildman–Crippen MR) is 78.3 cm³/mol. The minimum absolute atomic E-state index is 0. The van der Waals surface area contributed by atoms with Crippen molar-refractivity contribution in [1.29, 1.82) is 0 Å². The van der Waals surface area contributed by atoms with Crippen LogP contribution in [-0.4, -0.2) is 18.0 Å². The summed E-state index contributed by atoms with van der Waals surface area (Å²) < 4.78 is 0. The van der Waals surface area contributed by atoms with Crippen molar-refractivity contribution in [1.82, 2.24) is 0 Å². The molecule has 7 heteroatoms. The minimum atomic E-state index is -0.655. The number of primary amides is 1. The second-order valence-electron chi connectivity index (χ2n) is 4.33. The maximum atomic E-state index is 11.7. The molecule has 0 aliphatic heterocycles. The second-order valence-corrected chi connectivity index (χ2v) is 4.33. The normalized spacial score (nSPS) is 11.4. The standard InChI is InChI=1S/C12H18N4O2.ClH/c1-7(2)10(13)11(17)15-8-4-3-5-9(6-8)16-12(14)18;/h3-7,10H,13H2,1-2H3,(H,15,17)(H3,14,16,18);1H. The average Bonchev–Trinajstić information content (AvgIpc) is 2.27. The van der Waals surface area contributed by atoms with E-state index in [2.05, 4.69) is 10.6 Å². The Bertz CT molecular complexity index is 451. The molecule has 106 valence electrons. The van der Waals surface area contributed by atoms with E-state index in [-0.39, 0.29) is 24.2 Å². The number of rotatable bonds is 4. The molecule has 6 N–H and O–H groups in total. The van der Waals surface area contributed by atoms with Gasteiger partial charge < -0.3 is 22.1 Å². The topological polar surface area (TPSA) is 110 Å². The third kappa shape index (κ3) is 5.58. The molecule has 0 aliphatic carbocycles. The molecule has 0 aliphatic rings. The lowest BCUT2D eigenvalue weighted by Crippen LogP contribution is -2.39. The Balaban J connectivity index is 0.00000324. The molecule has 0 fully saturated rings. The number of carbonyl (C=O) groups is 2. The lowest BCUT2D eigenvalue weighted by molar-refractivity contribution is -0.118. The number of carbonyl (C=O) groups excluding carboxylic acids is 2. The summed E-state index contributed by atoms with van der Waals surface area (Å²) in [6.07, 6.45) is 0. The zero-order valence-corrected chi connectivity index (χ0v) is 11.7. The quantitative estimate of drug-likeness (QED) is 0.673. The van der Waals surface area contributed by atoms with Crippen molar-refractivity contribution in [2.45, 2.75) is 19.9 Å². The Morgan fingerprint density at radius 2 is 1.68 bits per heavy atom. The van der Waals surface area contributed by atoms with Gasteiger partial charge in [0.05, 0.1) is 6.04 Å². The van der Waals surface area contributed by atoms with Gasteiger partial charge >= 0.3 is 6.03 Å². The van der Waals surface area contributed by atoms with Gasteiger partial charge in [0.25, 0.3) is 0 Å². The molecule has 1 aromatic rings. The smallest absolute Gasteiger partial charge is 0.316 e. The van der Waals surface area contributed by atoms with Crippen LogP contribution < -0.4 is 22.1 Å². The molecule has 19 heavy (non-hydrogen) atoms. The molecule has 3 amide bonds. The molecule has 0 heterocycles. The fourth-order valence-electron chi connectivity index (χ4n) is 1.35. The number of amides is 3. The first-order valence-corrected chi connectivity index (χ1v) is 5.63. The van der Waals surface area contributed by atoms with Gasteiger partial charge in [0.2, 0.25) is 5.91 Å². The van der Waals surface area contributed by atoms with E-state index >= 15 is 0 Å². The number of halogens is 1. The highest BCUT2D eigenvalue weighted by Crippen LogP contribution is 2.15. The molecular formula is C12H19ClN4O2. The molecule has 0 spiro atoms. The van der Waals surface area contributed by atoms with E-state index < -0.39 is 12.1 Å². The van der Waals surface area contributed by atoms with E-state index in [1.165, 1.54) is 0 Å². The van der Waals surface area contributed by atoms with Crippen LogP contribution >= 0.6 is 12.4 Å². The zero-order valence-electron chi connectivity index (χ0n) is 10.8. The fourth-order valence-corrected chi connectivity index (χ4v) is 1.35. The van der Waals surface area contributed by atoms with Gasteiger partial charge in [-0.05, 0) is 24.1 Å². The summed E-state index contributed by atoms with van der Waals surface area (Å²) in [5, 5.41) is 5.11. The van der Waals surface area contributed by atoms with Crippen molar-refractivity contribution < 1.29 is 9.59 Å². The second kappa shape index (κ2) is 7.60. The van der Waals surface area contributed by atoms with E-state index in [1.54, 1.807) is 24.3 Å². The highest BCUT2D eigenvalue weighted by atomic mass is 35.5. The summed E-state index contributed by atoms with van der Waals surface area (Å²) in [6.45, 7) is 3.74. The van der Waals surface area contributed by atoms with Gasteiger partial charge in [-0.15, -0.1) is 12.4 Å². The number of urea groups is 1. The van der Waals surface area contributed by atoms with Gasteiger partial charge in [-0.2, -0.15) is 0 Å². The number of benzene rings is 1. The van der Waals surface area contributed by atoms with Gasteiger partial charge in [0.15, 0.2) is 0 Å². The Morgan fingerprint density at radius 1 is 1.16 bits per heavy atom. The summed E-state index contributed by atoms with van der Waals surface area (Å²) in [4.78, 5) is 22.4. The first kappa shape index (κ1) is 17.2. The van der Waals surface area contributed by atoms with Gasteiger partial charge in [-0.25, -0.2) is 4.79 Å². The minimum Gasteiger partial charge on any atom is -0.351 e. The third-order valence-corrected chi connectivity index (χ3v) is 2.42. The Morgan fingerprint density at radius 3 is 2.16 bits per heavy atom. The maximum Gasteiger partial charge on any atom is 0.316 e.